The van der Waals surface area contributed by atoms with Gasteiger partial charge in [-0.25, -0.2) is 4.79 Å². The van der Waals surface area contributed by atoms with Crippen LogP contribution in [0.15, 0.2) is 11.6 Å². The fourth-order valence-electron chi connectivity index (χ4n) is 11.1. The van der Waals surface area contributed by atoms with Gasteiger partial charge in [0.1, 0.15) is 11.7 Å². The molecule has 7 unspecified atom stereocenters. The Morgan fingerprint density at radius 2 is 1.62 bits per heavy atom. The molecule has 1 saturated heterocycles. The van der Waals surface area contributed by atoms with Gasteiger partial charge in [0.25, 0.3) is 0 Å². The minimum atomic E-state index is -0.340. The summed E-state index contributed by atoms with van der Waals surface area (Å²) in [7, 11) is 0. The van der Waals surface area contributed by atoms with E-state index in [1.807, 2.05) is 6.92 Å². The van der Waals surface area contributed by atoms with Crippen molar-refractivity contribution < 1.29 is 19.1 Å². The first-order valence-corrected chi connectivity index (χ1v) is 14.0. The maximum Gasteiger partial charge on any atom is 0.333 e. The minimum absolute atomic E-state index is 0.0142. The number of hydrogen-bond acceptors (Lipinski definition) is 4. The van der Waals surface area contributed by atoms with Gasteiger partial charge in [-0.1, -0.05) is 26.8 Å². The molecule has 0 radical (unpaired) electrons. The molecule has 0 bridgehead atoms. The predicted octanol–water partition coefficient (Wildman–Crippen LogP) is 6.62. The molecule has 0 amide bonds. The number of carbonyl (C=O) groups is 2. The van der Waals surface area contributed by atoms with Crippen LogP contribution < -0.4 is 0 Å². The first-order valence-electron chi connectivity index (χ1n) is 14.0. The molecule has 2 spiro atoms. The maximum atomic E-state index is 12.5. The SMILES string of the molecule is CC1=CCC([C@H](C)C2CCC3(C)C4CCC5C(C)(C)OC(=O)CCC56CC46CC[C@]23C)OC1=O. The molecule has 4 nitrogen and oxygen atoms in total. The normalized spacial score (nSPS) is 52.0. The van der Waals surface area contributed by atoms with E-state index in [-0.39, 0.29) is 29.1 Å². The Morgan fingerprint density at radius 1 is 0.912 bits per heavy atom. The molecule has 0 aromatic carbocycles. The van der Waals surface area contributed by atoms with Crippen molar-refractivity contribution in [2.75, 3.05) is 0 Å². The molecule has 4 heteroatoms. The molecule has 5 fully saturated rings. The van der Waals surface area contributed by atoms with Crippen molar-refractivity contribution in [1.82, 2.24) is 0 Å². The summed E-state index contributed by atoms with van der Waals surface area (Å²) < 4.78 is 11.9. The number of cyclic esters (lactones) is 2. The van der Waals surface area contributed by atoms with E-state index in [1.165, 1.54) is 44.9 Å². The van der Waals surface area contributed by atoms with Crippen LogP contribution in [0.2, 0.25) is 0 Å². The predicted molar refractivity (Wildman–Crippen MR) is 131 cm³/mol. The van der Waals surface area contributed by atoms with E-state index >= 15 is 0 Å². The third kappa shape index (κ3) is 2.67. The summed E-state index contributed by atoms with van der Waals surface area (Å²) in [6, 6.07) is 0. The smallest absolute Gasteiger partial charge is 0.333 e. The van der Waals surface area contributed by atoms with Gasteiger partial charge in [-0.05, 0) is 112 Å². The molecule has 0 N–H and O–H groups in total. The molecule has 2 aliphatic heterocycles. The zero-order valence-corrected chi connectivity index (χ0v) is 22.2. The lowest BCUT2D eigenvalue weighted by atomic mass is 9.43. The number of hydrogen-bond donors (Lipinski definition) is 0. The first kappa shape index (κ1) is 23.1. The summed E-state index contributed by atoms with van der Waals surface area (Å²) in [4.78, 5) is 24.8. The van der Waals surface area contributed by atoms with Crippen LogP contribution in [0, 0.1) is 45.3 Å². The summed E-state index contributed by atoms with van der Waals surface area (Å²) in [5, 5.41) is 0. The number of fused-ring (bicyclic) bond motifs is 2. The largest absolute Gasteiger partial charge is 0.459 e. The minimum Gasteiger partial charge on any atom is -0.459 e. The average Bonchev–Trinajstić information content (AvgIpc) is 3.39. The van der Waals surface area contributed by atoms with Crippen LogP contribution in [0.25, 0.3) is 0 Å². The lowest BCUT2D eigenvalue weighted by molar-refractivity contribution is -0.170. The monoisotopic (exact) mass is 468 g/mol. The summed E-state index contributed by atoms with van der Waals surface area (Å²) >= 11 is 0. The highest BCUT2D eigenvalue weighted by molar-refractivity contribution is 5.88. The van der Waals surface area contributed by atoms with Gasteiger partial charge in [0.15, 0.2) is 0 Å². The molecule has 4 aliphatic carbocycles. The molecular formula is C30H44O4. The standard InChI is InChI=1S/C30H44O4/c1-18-7-8-21(33-25(18)32)19(2)20-11-13-28(6)23-10-9-22-26(3,4)34-24(31)12-14-29(22)17-30(23,29)16-15-27(20,28)5/h7,19-23H,8-17H2,1-6H3/t19-,20?,21?,22?,23?,27-,28?,29?,30?/m1/s1. The zero-order chi connectivity index (χ0) is 24.3. The molecule has 34 heavy (non-hydrogen) atoms. The van der Waals surface area contributed by atoms with Crippen molar-refractivity contribution in [3.8, 4) is 0 Å². The molecule has 0 aromatic rings. The third-order valence-electron chi connectivity index (χ3n) is 13.0. The molecule has 6 rings (SSSR count). The maximum absolute atomic E-state index is 12.5. The highest BCUT2D eigenvalue weighted by Crippen LogP contribution is 2.88. The van der Waals surface area contributed by atoms with Gasteiger partial charge in [0.2, 0.25) is 0 Å². The van der Waals surface area contributed by atoms with E-state index in [1.54, 1.807) is 0 Å². The second kappa shape index (κ2) is 6.91. The Bertz CT molecular complexity index is 965. The van der Waals surface area contributed by atoms with E-state index in [0.29, 0.717) is 40.4 Å². The number of esters is 2. The second-order valence-electron chi connectivity index (χ2n) is 14.2. The van der Waals surface area contributed by atoms with E-state index in [9.17, 15) is 9.59 Å². The van der Waals surface area contributed by atoms with Gasteiger partial charge in [-0.3, -0.25) is 4.79 Å². The van der Waals surface area contributed by atoms with Crippen molar-refractivity contribution in [3.63, 3.8) is 0 Å². The van der Waals surface area contributed by atoms with Gasteiger partial charge < -0.3 is 9.47 Å². The van der Waals surface area contributed by atoms with Crippen molar-refractivity contribution in [2.45, 2.75) is 117 Å². The van der Waals surface area contributed by atoms with Crippen LogP contribution in [0.3, 0.4) is 0 Å². The Hall–Kier alpha value is -1.32. The molecule has 9 atom stereocenters. The Labute approximate surface area is 205 Å². The lowest BCUT2D eigenvalue weighted by Gasteiger charge is -2.61. The number of rotatable bonds is 2. The van der Waals surface area contributed by atoms with Crippen LogP contribution in [0.5, 0.6) is 0 Å². The van der Waals surface area contributed by atoms with Crippen molar-refractivity contribution in [2.24, 2.45) is 45.3 Å². The topological polar surface area (TPSA) is 52.6 Å². The zero-order valence-electron chi connectivity index (χ0n) is 22.2. The summed E-state index contributed by atoms with van der Waals surface area (Å²) in [6.45, 7) is 13.8. The molecular weight excluding hydrogens is 424 g/mol. The van der Waals surface area contributed by atoms with E-state index in [0.717, 1.165) is 24.3 Å². The second-order valence-corrected chi connectivity index (χ2v) is 14.2. The van der Waals surface area contributed by atoms with Crippen LogP contribution >= 0.6 is 0 Å². The van der Waals surface area contributed by atoms with Crippen LogP contribution in [0.1, 0.15) is 106 Å². The van der Waals surface area contributed by atoms with Crippen molar-refractivity contribution >= 4 is 11.9 Å². The Kier molecular flexibility index (Phi) is 4.70. The fraction of sp³-hybridized carbons (Fsp3) is 0.867. The fourth-order valence-corrected chi connectivity index (χ4v) is 11.1. The molecule has 0 aromatic heterocycles. The summed E-state index contributed by atoms with van der Waals surface area (Å²) in [6.07, 6.45) is 13.5. The first-order chi connectivity index (χ1) is 15.9. The highest BCUT2D eigenvalue weighted by atomic mass is 16.6. The Morgan fingerprint density at radius 3 is 2.35 bits per heavy atom. The molecule has 188 valence electrons. The van der Waals surface area contributed by atoms with Gasteiger partial charge in [-0.15, -0.1) is 0 Å². The molecule has 6 aliphatic rings. The molecule has 4 saturated carbocycles. The van der Waals surface area contributed by atoms with Crippen LogP contribution in [-0.4, -0.2) is 23.6 Å². The lowest BCUT2D eigenvalue weighted by Crippen LogP contribution is -2.56. The van der Waals surface area contributed by atoms with Gasteiger partial charge in [0, 0.05) is 24.3 Å². The van der Waals surface area contributed by atoms with E-state index < -0.39 is 0 Å². The summed E-state index contributed by atoms with van der Waals surface area (Å²) in [5.41, 5.74) is 1.74. The van der Waals surface area contributed by atoms with Crippen LogP contribution in [-0.2, 0) is 19.1 Å². The van der Waals surface area contributed by atoms with E-state index in [4.69, 9.17) is 9.47 Å². The number of carbonyl (C=O) groups excluding carboxylic acids is 2. The summed E-state index contributed by atoms with van der Waals surface area (Å²) in [5.74, 6) is 2.13. The number of ether oxygens (including phenoxy) is 2. The quantitative estimate of drug-likeness (QED) is 0.427. The van der Waals surface area contributed by atoms with Crippen molar-refractivity contribution in [1.29, 1.82) is 0 Å². The third-order valence-corrected chi connectivity index (χ3v) is 13.0. The van der Waals surface area contributed by atoms with Gasteiger partial charge in [-0.2, -0.15) is 0 Å². The average molecular weight is 469 g/mol. The van der Waals surface area contributed by atoms with Crippen molar-refractivity contribution in [3.05, 3.63) is 11.6 Å². The van der Waals surface area contributed by atoms with E-state index in [2.05, 4.69) is 40.7 Å². The molecule has 2 heterocycles. The Balaban J connectivity index is 1.30. The van der Waals surface area contributed by atoms with Gasteiger partial charge in [0.05, 0.1) is 0 Å². The highest BCUT2D eigenvalue weighted by Gasteiger charge is 2.82. The van der Waals surface area contributed by atoms with Crippen LogP contribution in [0.4, 0.5) is 0 Å². The van der Waals surface area contributed by atoms with Gasteiger partial charge >= 0.3 is 11.9 Å².